The van der Waals surface area contributed by atoms with Gasteiger partial charge in [0.25, 0.3) is 0 Å². The summed E-state index contributed by atoms with van der Waals surface area (Å²) in [5.41, 5.74) is 2.76. The van der Waals surface area contributed by atoms with Crippen LogP contribution in [0.1, 0.15) is 13.3 Å². The van der Waals surface area contributed by atoms with Crippen LogP contribution in [-0.4, -0.2) is 30.1 Å². The fraction of sp³-hybridized carbons (Fsp3) is 0.714. The predicted molar refractivity (Wildman–Crippen MR) is 43.2 cm³/mol. The Hall–Kier alpha value is -1.10. The van der Waals surface area contributed by atoms with Crippen molar-refractivity contribution in [3.8, 4) is 0 Å². The molecule has 0 bridgehead atoms. The van der Waals surface area contributed by atoms with E-state index >= 15 is 0 Å². The Labute approximate surface area is 70.4 Å². The van der Waals surface area contributed by atoms with Gasteiger partial charge in [-0.2, -0.15) is 5.10 Å². The highest BCUT2D eigenvalue weighted by molar-refractivity contribution is 5.85. The van der Waals surface area contributed by atoms with Gasteiger partial charge in [-0.25, -0.2) is 10.2 Å². The monoisotopic (exact) mass is 172 g/mol. The van der Waals surface area contributed by atoms with Crippen LogP contribution in [0.5, 0.6) is 0 Å². The number of amides is 1. The van der Waals surface area contributed by atoms with Crippen molar-refractivity contribution >= 4 is 11.8 Å². The first-order valence-corrected chi connectivity index (χ1v) is 3.81. The molecule has 0 aliphatic carbocycles. The van der Waals surface area contributed by atoms with Gasteiger partial charge < -0.3 is 9.84 Å². The van der Waals surface area contributed by atoms with E-state index in [1.54, 1.807) is 6.92 Å². The Morgan fingerprint density at radius 2 is 2.50 bits per heavy atom. The van der Waals surface area contributed by atoms with Crippen LogP contribution in [0.2, 0.25) is 0 Å². The van der Waals surface area contributed by atoms with Gasteiger partial charge in [-0.05, 0) is 13.3 Å². The third-order valence-corrected chi connectivity index (χ3v) is 1.85. The zero-order valence-electron chi connectivity index (χ0n) is 6.91. The van der Waals surface area contributed by atoms with E-state index in [9.17, 15) is 4.79 Å². The van der Waals surface area contributed by atoms with E-state index in [-0.39, 0.29) is 5.92 Å². The summed E-state index contributed by atoms with van der Waals surface area (Å²) < 4.78 is 5.13. The van der Waals surface area contributed by atoms with Crippen LogP contribution < -0.4 is 5.43 Å². The molecule has 0 aromatic rings. The van der Waals surface area contributed by atoms with E-state index in [2.05, 4.69) is 5.10 Å². The lowest BCUT2D eigenvalue weighted by Gasteiger charge is -2.05. The lowest BCUT2D eigenvalue weighted by molar-refractivity contribution is 0.191. The van der Waals surface area contributed by atoms with Crippen molar-refractivity contribution in [1.29, 1.82) is 0 Å². The summed E-state index contributed by atoms with van der Waals surface area (Å²) in [4.78, 5) is 10.1. The summed E-state index contributed by atoms with van der Waals surface area (Å²) in [6.07, 6.45) is -0.204. The number of ether oxygens (including phenoxy) is 1. The van der Waals surface area contributed by atoms with E-state index in [0.29, 0.717) is 6.61 Å². The standard InChI is InChI=1S/C7H12N2O3/c1-5(8-9-7(10)11)6-2-3-12-4-6/h6,9H,2-4H2,1H3,(H,10,11)/b8-5+. The van der Waals surface area contributed by atoms with E-state index in [0.717, 1.165) is 18.7 Å². The number of hydrazone groups is 1. The number of rotatable bonds is 2. The van der Waals surface area contributed by atoms with Crippen molar-refractivity contribution in [2.75, 3.05) is 13.2 Å². The molecule has 1 heterocycles. The van der Waals surface area contributed by atoms with Crippen molar-refractivity contribution in [3.05, 3.63) is 0 Å². The number of nitrogens with one attached hydrogen (secondary N) is 1. The van der Waals surface area contributed by atoms with Crippen LogP contribution in [0.25, 0.3) is 0 Å². The zero-order valence-corrected chi connectivity index (χ0v) is 6.91. The maximum Gasteiger partial charge on any atom is 0.425 e. The van der Waals surface area contributed by atoms with Crippen molar-refractivity contribution < 1.29 is 14.6 Å². The van der Waals surface area contributed by atoms with E-state index in [1.165, 1.54) is 0 Å². The van der Waals surface area contributed by atoms with Crippen molar-refractivity contribution in [3.63, 3.8) is 0 Å². The fourth-order valence-corrected chi connectivity index (χ4v) is 1.09. The largest absolute Gasteiger partial charge is 0.464 e. The number of nitrogens with zero attached hydrogens (tertiary/aromatic N) is 1. The lowest BCUT2D eigenvalue weighted by Crippen LogP contribution is -2.20. The van der Waals surface area contributed by atoms with Crippen LogP contribution >= 0.6 is 0 Å². The lowest BCUT2D eigenvalue weighted by atomic mass is 10.0. The molecule has 0 aromatic carbocycles. The maximum absolute atomic E-state index is 10.1. The highest BCUT2D eigenvalue weighted by Crippen LogP contribution is 2.13. The minimum atomic E-state index is -1.13. The highest BCUT2D eigenvalue weighted by atomic mass is 16.5. The smallest absolute Gasteiger partial charge is 0.425 e. The number of hydrogen-bond donors (Lipinski definition) is 2. The van der Waals surface area contributed by atoms with Crippen LogP contribution in [-0.2, 0) is 4.74 Å². The molecule has 1 amide bonds. The molecule has 1 fully saturated rings. The fourth-order valence-electron chi connectivity index (χ4n) is 1.09. The van der Waals surface area contributed by atoms with Crippen LogP contribution in [0.4, 0.5) is 4.79 Å². The molecule has 0 radical (unpaired) electrons. The van der Waals surface area contributed by atoms with Gasteiger partial charge in [-0.1, -0.05) is 0 Å². The molecule has 2 N–H and O–H groups in total. The second-order valence-corrected chi connectivity index (χ2v) is 2.73. The van der Waals surface area contributed by atoms with Gasteiger partial charge in [0, 0.05) is 18.2 Å². The second-order valence-electron chi connectivity index (χ2n) is 2.73. The minimum absolute atomic E-state index is 0.275. The summed E-state index contributed by atoms with van der Waals surface area (Å²) in [6.45, 7) is 3.19. The minimum Gasteiger partial charge on any atom is -0.464 e. The topological polar surface area (TPSA) is 70.9 Å². The first-order valence-electron chi connectivity index (χ1n) is 3.81. The normalized spacial score (nSPS) is 24.1. The molecule has 12 heavy (non-hydrogen) atoms. The zero-order chi connectivity index (χ0) is 8.97. The van der Waals surface area contributed by atoms with E-state index in [4.69, 9.17) is 9.84 Å². The van der Waals surface area contributed by atoms with Crippen LogP contribution in [0, 0.1) is 5.92 Å². The third-order valence-electron chi connectivity index (χ3n) is 1.85. The van der Waals surface area contributed by atoms with Crippen LogP contribution in [0.15, 0.2) is 5.10 Å². The quantitative estimate of drug-likeness (QED) is 0.475. The Morgan fingerprint density at radius 3 is 3.00 bits per heavy atom. The summed E-state index contributed by atoms with van der Waals surface area (Å²) >= 11 is 0. The molecular formula is C7H12N2O3. The molecule has 1 saturated heterocycles. The van der Waals surface area contributed by atoms with E-state index < -0.39 is 6.09 Å². The number of carboxylic acid groups (broad SMARTS) is 1. The van der Waals surface area contributed by atoms with Crippen molar-refractivity contribution in [2.45, 2.75) is 13.3 Å². The average Bonchev–Trinajstić information content (AvgIpc) is 2.51. The first kappa shape index (κ1) is 8.99. The van der Waals surface area contributed by atoms with Crippen molar-refractivity contribution in [2.24, 2.45) is 11.0 Å². The number of carbonyl (C=O) groups is 1. The molecule has 5 nitrogen and oxygen atoms in total. The molecule has 1 aliphatic heterocycles. The van der Waals surface area contributed by atoms with Gasteiger partial charge in [-0.3, -0.25) is 0 Å². The molecule has 1 unspecified atom stereocenters. The van der Waals surface area contributed by atoms with E-state index in [1.807, 2.05) is 5.43 Å². The Kier molecular flexibility index (Phi) is 3.04. The third kappa shape index (κ3) is 2.50. The molecule has 68 valence electrons. The van der Waals surface area contributed by atoms with Gasteiger partial charge >= 0.3 is 6.09 Å². The molecule has 5 heteroatoms. The Bertz CT molecular complexity index is 197. The summed E-state index contributed by atoms with van der Waals surface area (Å²) in [5.74, 6) is 0.275. The number of hydrogen-bond acceptors (Lipinski definition) is 3. The molecule has 1 atom stereocenters. The molecule has 0 spiro atoms. The Morgan fingerprint density at radius 1 is 1.75 bits per heavy atom. The molecule has 0 saturated carbocycles. The molecular weight excluding hydrogens is 160 g/mol. The van der Waals surface area contributed by atoms with Gasteiger partial charge in [0.05, 0.1) is 6.61 Å². The molecule has 1 aliphatic rings. The predicted octanol–water partition coefficient (Wildman–Crippen LogP) is 0.666. The summed E-state index contributed by atoms with van der Waals surface area (Å²) in [7, 11) is 0. The molecule has 0 aromatic heterocycles. The van der Waals surface area contributed by atoms with Gasteiger partial charge in [-0.15, -0.1) is 0 Å². The summed E-state index contributed by atoms with van der Waals surface area (Å²) in [5, 5.41) is 11.9. The second kappa shape index (κ2) is 4.06. The van der Waals surface area contributed by atoms with Gasteiger partial charge in [0.2, 0.25) is 0 Å². The Balaban J connectivity index is 2.39. The highest BCUT2D eigenvalue weighted by Gasteiger charge is 2.18. The van der Waals surface area contributed by atoms with Crippen molar-refractivity contribution in [1.82, 2.24) is 5.43 Å². The van der Waals surface area contributed by atoms with Crippen LogP contribution in [0.3, 0.4) is 0 Å². The first-order chi connectivity index (χ1) is 5.70. The maximum atomic E-state index is 10.1. The SMILES string of the molecule is C/C(=N\NC(=O)O)C1CCOC1. The molecule has 1 rings (SSSR count). The van der Waals surface area contributed by atoms with Gasteiger partial charge in [0.15, 0.2) is 0 Å². The summed E-state index contributed by atoms with van der Waals surface area (Å²) in [6, 6.07) is 0. The average molecular weight is 172 g/mol. The van der Waals surface area contributed by atoms with Gasteiger partial charge in [0.1, 0.15) is 0 Å².